The van der Waals surface area contributed by atoms with Gasteiger partial charge in [-0.1, -0.05) is 18.6 Å². The molecule has 0 bridgehead atoms. The number of sulfonamides is 1. The molecule has 1 aromatic rings. The molecule has 0 atom stereocenters. The fourth-order valence-corrected chi connectivity index (χ4v) is 3.61. The number of halogens is 1. The molecule has 1 aromatic carbocycles. The predicted molar refractivity (Wildman–Crippen MR) is 120 cm³/mol. The third-order valence-corrected chi connectivity index (χ3v) is 5.73. The summed E-state index contributed by atoms with van der Waals surface area (Å²) in [6.07, 6.45) is 3.47. The average molecular weight is 510 g/mol. The first-order valence-electron chi connectivity index (χ1n) is 9.15. The molecule has 154 valence electrons. The van der Waals surface area contributed by atoms with Crippen molar-refractivity contribution in [2.45, 2.75) is 32.7 Å². The molecule has 27 heavy (non-hydrogen) atoms. The Kier molecular flexibility index (Phi) is 11.0. The molecule has 0 saturated heterocycles. The van der Waals surface area contributed by atoms with Gasteiger partial charge in [0, 0.05) is 19.6 Å². The van der Waals surface area contributed by atoms with E-state index in [9.17, 15) is 8.42 Å². The zero-order valence-electron chi connectivity index (χ0n) is 16.0. The number of hydrogen-bond donors (Lipinski definition) is 3. The van der Waals surface area contributed by atoms with Crippen LogP contribution in [0.4, 0.5) is 0 Å². The Bertz CT molecular complexity index is 694. The number of ether oxygens (including phenoxy) is 1. The third-order valence-electron chi connectivity index (χ3n) is 4.38. The zero-order valence-corrected chi connectivity index (χ0v) is 19.2. The standard InChI is InChI=1S/C18H30N4O3S.HI/c1-3-19-18(21-13-16-8-5-9-17(12-16)25-2)20-10-11-26(23,24)22-14-15-6-4-7-15;/h5,8-9,12,15,22H,3-4,6-7,10-11,13-14H2,1-2H3,(H2,19,20,21);1H. The molecule has 0 spiro atoms. The van der Waals surface area contributed by atoms with Crippen molar-refractivity contribution in [3.8, 4) is 5.75 Å². The molecule has 1 saturated carbocycles. The Balaban J connectivity index is 0.00000364. The van der Waals surface area contributed by atoms with Gasteiger partial charge in [-0.15, -0.1) is 24.0 Å². The molecule has 0 heterocycles. The van der Waals surface area contributed by atoms with Gasteiger partial charge in [-0.25, -0.2) is 18.1 Å². The van der Waals surface area contributed by atoms with Crippen LogP contribution in [0.1, 0.15) is 31.7 Å². The summed E-state index contributed by atoms with van der Waals surface area (Å²) in [5.41, 5.74) is 1.02. The number of benzene rings is 1. The molecule has 9 heteroatoms. The highest BCUT2D eigenvalue weighted by Crippen LogP contribution is 2.25. The molecule has 0 radical (unpaired) electrons. The largest absolute Gasteiger partial charge is 0.497 e. The molecule has 0 amide bonds. The lowest BCUT2D eigenvalue weighted by Crippen LogP contribution is -2.42. The first kappa shape index (κ1) is 24.0. The van der Waals surface area contributed by atoms with Crippen LogP contribution in [0.5, 0.6) is 5.75 Å². The van der Waals surface area contributed by atoms with Gasteiger partial charge in [0.15, 0.2) is 5.96 Å². The van der Waals surface area contributed by atoms with Crippen LogP contribution in [-0.4, -0.2) is 46.9 Å². The number of rotatable bonds is 10. The van der Waals surface area contributed by atoms with Gasteiger partial charge < -0.3 is 15.4 Å². The van der Waals surface area contributed by atoms with Crippen molar-refractivity contribution in [1.82, 2.24) is 15.4 Å². The molecule has 0 aromatic heterocycles. The zero-order chi connectivity index (χ0) is 18.8. The van der Waals surface area contributed by atoms with Crippen molar-refractivity contribution < 1.29 is 13.2 Å². The topological polar surface area (TPSA) is 91.8 Å². The maximum atomic E-state index is 12.0. The summed E-state index contributed by atoms with van der Waals surface area (Å²) in [5, 5.41) is 6.21. The molecule has 1 fully saturated rings. The van der Waals surface area contributed by atoms with E-state index in [-0.39, 0.29) is 29.7 Å². The van der Waals surface area contributed by atoms with E-state index in [0.29, 0.717) is 38.1 Å². The van der Waals surface area contributed by atoms with Gasteiger partial charge in [0.05, 0.1) is 19.4 Å². The van der Waals surface area contributed by atoms with Gasteiger partial charge in [0.25, 0.3) is 0 Å². The monoisotopic (exact) mass is 510 g/mol. The Morgan fingerprint density at radius 2 is 2.07 bits per heavy atom. The minimum Gasteiger partial charge on any atom is -0.497 e. The Labute approximate surface area is 179 Å². The SMILES string of the molecule is CCNC(=NCc1cccc(OC)c1)NCCS(=O)(=O)NCC1CCC1.I. The highest BCUT2D eigenvalue weighted by Gasteiger charge is 2.20. The number of nitrogens with one attached hydrogen (secondary N) is 3. The van der Waals surface area contributed by atoms with Crippen molar-refractivity contribution in [2.24, 2.45) is 10.9 Å². The van der Waals surface area contributed by atoms with E-state index < -0.39 is 10.0 Å². The quantitative estimate of drug-likeness (QED) is 0.255. The van der Waals surface area contributed by atoms with Crippen LogP contribution in [0.3, 0.4) is 0 Å². The summed E-state index contributed by atoms with van der Waals surface area (Å²) < 4.78 is 32.0. The van der Waals surface area contributed by atoms with Crippen LogP contribution in [0.2, 0.25) is 0 Å². The van der Waals surface area contributed by atoms with E-state index in [1.165, 1.54) is 6.42 Å². The number of guanidine groups is 1. The smallest absolute Gasteiger partial charge is 0.213 e. The molecule has 1 aliphatic rings. The van der Waals surface area contributed by atoms with E-state index in [2.05, 4.69) is 20.3 Å². The highest BCUT2D eigenvalue weighted by atomic mass is 127. The van der Waals surface area contributed by atoms with Gasteiger partial charge in [0.1, 0.15) is 5.75 Å². The van der Waals surface area contributed by atoms with Crippen LogP contribution in [0.25, 0.3) is 0 Å². The summed E-state index contributed by atoms with van der Waals surface area (Å²) in [7, 11) is -1.62. The molecule has 3 N–H and O–H groups in total. The minimum absolute atomic E-state index is 0. The first-order chi connectivity index (χ1) is 12.5. The summed E-state index contributed by atoms with van der Waals surface area (Å²) in [4.78, 5) is 4.50. The molecule has 0 unspecified atom stereocenters. The number of nitrogens with zero attached hydrogens (tertiary/aromatic N) is 1. The fourth-order valence-electron chi connectivity index (χ4n) is 2.60. The van der Waals surface area contributed by atoms with E-state index in [0.717, 1.165) is 24.2 Å². The van der Waals surface area contributed by atoms with Crippen LogP contribution in [0.15, 0.2) is 29.3 Å². The molecular formula is C18H31IN4O3S. The van der Waals surface area contributed by atoms with Gasteiger partial charge in [-0.3, -0.25) is 0 Å². The Morgan fingerprint density at radius 1 is 1.30 bits per heavy atom. The summed E-state index contributed by atoms with van der Waals surface area (Å²) in [6.45, 7) is 4.03. The van der Waals surface area contributed by atoms with Crippen LogP contribution < -0.4 is 20.1 Å². The molecule has 2 rings (SSSR count). The van der Waals surface area contributed by atoms with Gasteiger partial charge >= 0.3 is 0 Å². The van der Waals surface area contributed by atoms with Crippen molar-refractivity contribution in [3.05, 3.63) is 29.8 Å². The van der Waals surface area contributed by atoms with Gasteiger partial charge in [0.2, 0.25) is 10.0 Å². The van der Waals surface area contributed by atoms with Crippen molar-refractivity contribution in [1.29, 1.82) is 0 Å². The first-order valence-corrected chi connectivity index (χ1v) is 10.8. The maximum Gasteiger partial charge on any atom is 0.213 e. The Hall–Kier alpha value is -1.07. The van der Waals surface area contributed by atoms with E-state index >= 15 is 0 Å². The second kappa shape index (κ2) is 12.4. The maximum absolute atomic E-state index is 12.0. The van der Waals surface area contributed by atoms with Crippen molar-refractivity contribution in [2.75, 3.05) is 32.5 Å². The van der Waals surface area contributed by atoms with E-state index in [1.54, 1.807) is 7.11 Å². The van der Waals surface area contributed by atoms with Crippen LogP contribution in [-0.2, 0) is 16.6 Å². The average Bonchev–Trinajstić information content (AvgIpc) is 2.58. The lowest BCUT2D eigenvalue weighted by atomic mass is 9.86. The molecular weight excluding hydrogens is 479 g/mol. The normalized spacial score (nSPS) is 14.8. The van der Waals surface area contributed by atoms with Crippen molar-refractivity contribution >= 4 is 40.0 Å². The van der Waals surface area contributed by atoms with Crippen molar-refractivity contribution in [3.63, 3.8) is 0 Å². The number of hydrogen-bond acceptors (Lipinski definition) is 4. The van der Waals surface area contributed by atoms with Crippen LogP contribution >= 0.6 is 24.0 Å². The Morgan fingerprint density at radius 3 is 2.70 bits per heavy atom. The lowest BCUT2D eigenvalue weighted by molar-refractivity contribution is 0.316. The highest BCUT2D eigenvalue weighted by molar-refractivity contribution is 14.0. The molecule has 1 aliphatic carbocycles. The summed E-state index contributed by atoms with van der Waals surface area (Å²) >= 11 is 0. The summed E-state index contributed by atoms with van der Waals surface area (Å²) in [6, 6.07) is 7.72. The lowest BCUT2D eigenvalue weighted by Gasteiger charge is -2.25. The number of methoxy groups -OCH3 is 1. The second-order valence-corrected chi connectivity index (χ2v) is 8.36. The summed E-state index contributed by atoms with van der Waals surface area (Å²) in [5.74, 6) is 1.94. The van der Waals surface area contributed by atoms with E-state index in [4.69, 9.17) is 4.74 Å². The second-order valence-electron chi connectivity index (χ2n) is 6.44. The number of aliphatic imine (C=N–C) groups is 1. The van der Waals surface area contributed by atoms with Gasteiger partial charge in [-0.2, -0.15) is 0 Å². The fraction of sp³-hybridized carbons (Fsp3) is 0.611. The van der Waals surface area contributed by atoms with Crippen LogP contribution in [0, 0.1) is 5.92 Å². The van der Waals surface area contributed by atoms with E-state index in [1.807, 2.05) is 31.2 Å². The predicted octanol–water partition coefficient (Wildman–Crippen LogP) is 2.09. The van der Waals surface area contributed by atoms with Gasteiger partial charge in [-0.05, 0) is 43.4 Å². The molecule has 0 aliphatic heterocycles. The minimum atomic E-state index is -3.25. The third kappa shape index (κ3) is 9.11. The molecule has 7 nitrogen and oxygen atoms in total.